The van der Waals surface area contributed by atoms with Gasteiger partial charge in [0, 0.05) is 0 Å². The molecule has 2 rings (SSSR count). The van der Waals surface area contributed by atoms with Gasteiger partial charge in [-0.25, -0.2) is 18.1 Å². The Morgan fingerprint density at radius 3 is 2.45 bits per heavy atom. The van der Waals surface area contributed by atoms with Crippen LogP contribution in [0.3, 0.4) is 0 Å². The molecule has 22 heavy (non-hydrogen) atoms. The fraction of sp³-hybridized carbons (Fsp3) is 0.154. The summed E-state index contributed by atoms with van der Waals surface area (Å²) in [5.41, 5.74) is -0.583. The molecular formula is C13H10BrF3N2O2S. The molecule has 0 saturated heterocycles. The number of hydrogen-bond acceptors (Lipinski definition) is 3. The van der Waals surface area contributed by atoms with Gasteiger partial charge in [0.1, 0.15) is 4.60 Å². The maximum Gasteiger partial charge on any atom is 0.416 e. The molecule has 1 heterocycles. The summed E-state index contributed by atoms with van der Waals surface area (Å²) < 4.78 is 64.7. The van der Waals surface area contributed by atoms with Crippen molar-refractivity contribution in [3.63, 3.8) is 0 Å². The van der Waals surface area contributed by atoms with Gasteiger partial charge in [0.2, 0.25) is 10.0 Å². The third kappa shape index (κ3) is 4.28. The van der Waals surface area contributed by atoms with Crippen LogP contribution in [0.4, 0.5) is 13.2 Å². The van der Waals surface area contributed by atoms with Crippen LogP contribution in [0.2, 0.25) is 0 Å². The average Bonchev–Trinajstić information content (AvgIpc) is 2.45. The minimum atomic E-state index is -4.60. The van der Waals surface area contributed by atoms with Crippen LogP contribution >= 0.6 is 15.9 Å². The Kier molecular flexibility index (Phi) is 4.88. The molecule has 1 N–H and O–H groups in total. The summed E-state index contributed by atoms with van der Waals surface area (Å²) >= 11 is 3.15. The van der Waals surface area contributed by atoms with Gasteiger partial charge < -0.3 is 0 Å². The van der Waals surface area contributed by atoms with E-state index in [0.29, 0.717) is 16.4 Å². The molecule has 0 spiro atoms. The van der Waals surface area contributed by atoms with E-state index in [9.17, 15) is 21.6 Å². The molecule has 0 amide bonds. The number of hydrogen-bond donors (Lipinski definition) is 1. The lowest BCUT2D eigenvalue weighted by Crippen LogP contribution is -2.24. The molecule has 0 fully saturated rings. The van der Waals surface area contributed by atoms with E-state index in [-0.39, 0.29) is 6.54 Å². The Hall–Kier alpha value is -1.45. The molecule has 2 aromatic rings. The van der Waals surface area contributed by atoms with Crippen LogP contribution < -0.4 is 4.72 Å². The third-order valence-corrected chi connectivity index (χ3v) is 4.53. The SMILES string of the molecule is O=S(=O)(NCc1cccc(Br)n1)c1cccc(C(F)(F)F)c1. The second kappa shape index (κ2) is 6.35. The molecule has 0 aliphatic carbocycles. The standard InChI is InChI=1S/C13H10BrF3N2O2S/c14-12-6-2-4-10(19-12)8-18-22(20,21)11-5-1-3-9(7-11)13(15,16)17/h1-7,18H,8H2. The average molecular weight is 395 g/mol. The Bertz CT molecular complexity index is 779. The Morgan fingerprint density at radius 1 is 1.14 bits per heavy atom. The summed E-state index contributed by atoms with van der Waals surface area (Å²) in [5, 5.41) is 0. The predicted molar refractivity (Wildman–Crippen MR) is 77.4 cm³/mol. The minimum absolute atomic E-state index is 0.127. The smallest absolute Gasteiger partial charge is 0.245 e. The first-order chi connectivity index (χ1) is 10.2. The molecule has 0 bridgehead atoms. The van der Waals surface area contributed by atoms with E-state index in [1.807, 2.05) is 0 Å². The topological polar surface area (TPSA) is 59.1 Å². The van der Waals surface area contributed by atoms with Crippen LogP contribution in [0.5, 0.6) is 0 Å². The third-order valence-electron chi connectivity index (χ3n) is 2.69. The first kappa shape index (κ1) is 16.9. The molecule has 0 aliphatic rings. The van der Waals surface area contributed by atoms with Gasteiger partial charge in [-0.15, -0.1) is 0 Å². The second-order valence-electron chi connectivity index (χ2n) is 4.30. The lowest BCUT2D eigenvalue weighted by Gasteiger charge is -2.10. The van der Waals surface area contributed by atoms with Crippen molar-refractivity contribution in [2.24, 2.45) is 0 Å². The zero-order chi connectivity index (χ0) is 16.4. The van der Waals surface area contributed by atoms with Crippen LogP contribution in [0.15, 0.2) is 52.0 Å². The predicted octanol–water partition coefficient (Wildman–Crippen LogP) is 3.34. The number of rotatable bonds is 4. The number of alkyl halides is 3. The van der Waals surface area contributed by atoms with Crippen LogP contribution in [-0.2, 0) is 22.7 Å². The van der Waals surface area contributed by atoms with E-state index in [2.05, 4.69) is 25.6 Å². The van der Waals surface area contributed by atoms with Gasteiger partial charge in [-0.05, 0) is 46.3 Å². The highest BCUT2D eigenvalue weighted by Crippen LogP contribution is 2.30. The van der Waals surface area contributed by atoms with Crippen molar-refractivity contribution in [2.75, 3.05) is 0 Å². The monoisotopic (exact) mass is 394 g/mol. The minimum Gasteiger partial charge on any atom is -0.245 e. The molecule has 0 unspecified atom stereocenters. The van der Waals surface area contributed by atoms with Crippen molar-refractivity contribution in [3.05, 3.63) is 58.3 Å². The molecule has 0 saturated carbocycles. The van der Waals surface area contributed by atoms with Crippen molar-refractivity contribution in [2.45, 2.75) is 17.6 Å². The van der Waals surface area contributed by atoms with Crippen molar-refractivity contribution in [1.82, 2.24) is 9.71 Å². The van der Waals surface area contributed by atoms with Gasteiger partial charge in [-0.3, -0.25) is 0 Å². The number of nitrogens with one attached hydrogen (secondary N) is 1. The first-order valence-electron chi connectivity index (χ1n) is 5.97. The lowest BCUT2D eigenvalue weighted by atomic mass is 10.2. The van der Waals surface area contributed by atoms with E-state index in [1.54, 1.807) is 18.2 Å². The number of pyridine rings is 1. The highest BCUT2D eigenvalue weighted by atomic mass is 79.9. The van der Waals surface area contributed by atoms with E-state index in [1.165, 1.54) is 0 Å². The summed E-state index contributed by atoms with van der Waals surface area (Å²) in [5.74, 6) is 0. The van der Waals surface area contributed by atoms with Gasteiger partial charge in [-0.2, -0.15) is 13.2 Å². The molecule has 118 valence electrons. The van der Waals surface area contributed by atoms with Gasteiger partial charge in [-0.1, -0.05) is 12.1 Å². The maximum atomic E-state index is 12.6. The normalized spacial score (nSPS) is 12.4. The zero-order valence-corrected chi connectivity index (χ0v) is 13.3. The number of aromatic nitrogens is 1. The van der Waals surface area contributed by atoms with Crippen molar-refractivity contribution >= 4 is 26.0 Å². The lowest BCUT2D eigenvalue weighted by molar-refractivity contribution is -0.137. The molecule has 1 aromatic carbocycles. The number of halogens is 4. The van der Waals surface area contributed by atoms with Crippen LogP contribution in [0, 0.1) is 0 Å². The number of sulfonamides is 1. The highest BCUT2D eigenvalue weighted by molar-refractivity contribution is 9.10. The molecule has 0 aliphatic heterocycles. The molecular weight excluding hydrogens is 385 g/mol. The zero-order valence-electron chi connectivity index (χ0n) is 10.9. The van der Waals surface area contributed by atoms with Crippen molar-refractivity contribution < 1.29 is 21.6 Å². The quantitative estimate of drug-likeness (QED) is 0.808. The van der Waals surface area contributed by atoms with E-state index < -0.39 is 26.7 Å². The molecule has 4 nitrogen and oxygen atoms in total. The largest absolute Gasteiger partial charge is 0.416 e. The van der Waals surface area contributed by atoms with Gasteiger partial charge >= 0.3 is 6.18 Å². The summed E-state index contributed by atoms with van der Waals surface area (Å²) in [6.07, 6.45) is -4.60. The summed E-state index contributed by atoms with van der Waals surface area (Å²) in [6.45, 7) is -0.127. The molecule has 1 aromatic heterocycles. The summed E-state index contributed by atoms with van der Waals surface area (Å²) in [6, 6.07) is 8.50. The second-order valence-corrected chi connectivity index (χ2v) is 6.88. The molecule has 0 atom stereocenters. The van der Waals surface area contributed by atoms with E-state index in [0.717, 1.165) is 18.2 Å². The van der Waals surface area contributed by atoms with Gasteiger partial charge in [0.05, 0.1) is 22.7 Å². The van der Waals surface area contributed by atoms with E-state index >= 15 is 0 Å². The fourth-order valence-electron chi connectivity index (χ4n) is 1.64. The summed E-state index contributed by atoms with van der Waals surface area (Å²) in [7, 11) is -4.06. The van der Waals surface area contributed by atoms with Gasteiger partial charge in [0.15, 0.2) is 0 Å². The maximum absolute atomic E-state index is 12.6. The first-order valence-corrected chi connectivity index (χ1v) is 8.24. The highest BCUT2D eigenvalue weighted by Gasteiger charge is 2.31. The van der Waals surface area contributed by atoms with Crippen LogP contribution in [0.1, 0.15) is 11.3 Å². The van der Waals surface area contributed by atoms with Crippen molar-refractivity contribution in [3.8, 4) is 0 Å². The van der Waals surface area contributed by atoms with Crippen LogP contribution in [0.25, 0.3) is 0 Å². The van der Waals surface area contributed by atoms with E-state index in [4.69, 9.17) is 0 Å². The van der Waals surface area contributed by atoms with Gasteiger partial charge in [0.25, 0.3) is 0 Å². The fourth-order valence-corrected chi connectivity index (χ4v) is 3.07. The Labute approximate surface area is 133 Å². The molecule has 9 heteroatoms. The Balaban J connectivity index is 2.20. The number of nitrogens with zero attached hydrogens (tertiary/aromatic N) is 1. The summed E-state index contributed by atoms with van der Waals surface area (Å²) in [4.78, 5) is 3.59. The number of benzene rings is 1. The molecule has 0 radical (unpaired) electrons. The van der Waals surface area contributed by atoms with Crippen molar-refractivity contribution in [1.29, 1.82) is 0 Å². The Morgan fingerprint density at radius 2 is 1.82 bits per heavy atom. The van der Waals surface area contributed by atoms with Crippen LogP contribution in [-0.4, -0.2) is 13.4 Å².